The van der Waals surface area contributed by atoms with Crippen molar-refractivity contribution in [3.63, 3.8) is 0 Å². The molecule has 0 aromatic heterocycles. The highest BCUT2D eigenvalue weighted by Crippen LogP contribution is 2.68. The van der Waals surface area contributed by atoms with E-state index in [1.807, 2.05) is 6.92 Å². The molecule has 3 saturated carbocycles. The van der Waals surface area contributed by atoms with E-state index in [0.717, 1.165) is 37.7 Å². The number of aliphatic hydroxyl groups excluding tert-OH is 2. The molecule has 0 unspecified atom stereocenters. The lowest BCUT2D eigenvalue weighted by Gasteiger charge is -2.59. The largest absolute Gasteiger partial charge is 0.428 e. The third kappa shape index (κ3) is 2.41. The van der Waals surface area contributed by atoms with Gasteiger partial charge in [0.1, 0.15) is 11.9 Å². The first kappa shape index (κ1) is 19.9. The van der Waals surface area contributed by atoms with E-state index in [9.17, 15) is 20.1 Å². The Labute approximate surface area is 167 Å². The zero-order valence-electron chi connectivity index (χ0n) is 17.1. The van der Waals surface area contributed by atoms with Crippen LogP contribution in [0.25, 0.3) is 0 Å². The lowest BCUT2D eigenvalue weighted by atomic mass is 9.46. The standard InChI is InChI=1S/C23H32O5/c1-5-23(27)19(26)12-17-14-6-7-16-20(28-13(2)24)18(25)9-10-21(16,3)15(14)8-11-22(17,23)4/h1,14-15,17-19,25-27H,6-12H2,2-4H3/t14-,15+,17+,18-,19-,21-,22+,23+/m1/s1. The van der Waals surface area contributed by atoms with Gasteiger partial charge in [0.05, 0.1) is 6.10 Å². The van der Waals surface area contributed by atoms with Crippen molar-refractivity contribution in [1.29, 1.82) is 0 Å². The minimum absolute atomic E-state index is 0.129. The van der Waals surface area contributed by atoms with Crippen LogP contribution in [-0.2, 0) is 9.53 Å². The molecule has 28 heavy (non-hydrogen) atoms. The summed E-state index contributed by atoms with van der Waals surface area (Å²) in [6, 6.07) is 0. The van der Waals surface area contributed by atoms with Gasteiger partial charge in [-0.3, -0.25) is 4.79 Å². The zero-order chi connectivity index (χ0) is 20.5. The number of ether oxygens (including phenoxy) is 1. The van der Waals surface area contributed by atoms with Crippen molar-refractivity contribution in [3.05, 3.63) is 11.3 Å². The molecule has 4 aliphatic carbocycles. The number of fused-ring (bicyclic) bond motifs is 5. The van der Waals surface area contributed by atoms with Crippen LogP contribution in [0.5, 0.6) is 0 Å². The molecule has 0 bridgehead atoms. The van der Waals surface area contributed by atoms with E-state index in [0.29, 0.717) is 30.4 Å². The molecular formula is C23H32O5. The first-order valence-corrected chi connectivity index (χ1v) is 10.6. The molecule has 0 spiro atoms. The van der Waals surface area contributed by atoms with E-state index in [1.54, 1.807) is 0 Å². The fourth-order valence-electron chi connectivity index (χ4n) is 7.38. The zero-order valence-corrected chi connectivity index (χ0v) is 17.1. The fourth-order valence-corrected chi connectivity index (χ4v) is 7.38. The van der Waals surface area contributed by atoms with Crippen molar-refractivity contribution in [1.82, 2.24) is 0 Å². The predicted molar refractivity (Wildman–Crippen MR) is 104 cm³/mol. The van der Waals surface area contributed by atoms with E-state index in [-0.39, 0.29) is 17.3 Å². The Bertz CT molecular complexity index is 765. The van der Waals surface area contributed by atoms with Crippen LogP contribution in [0.2, 0.25) is 0 Å². The number of hydrogen-bond donors (Lipinski definition) is 3. The van der Waals surface area contributed by atoms with Gasteiger partial charge < -0.3 is 20.1 Å². The molecular weight excluding hydrogens is 356 g/mol. The van der Waals surface area contributed by atoms with Gasteiger partial charge in [0.2, 0.25) is 0 Å². The van der Waals surface area contributed by atoms with Gasteiger partial charge in [0, 0.05) is 12.3 Å². The van der Waals surface area contributed by atoms with Crippen molar-refractivity contribution in [3.8, 4) is 12.3 Å². The third-order valence-corrected chi connectivity index (χ3v) is 8.90. The van der Waals surface area contributed by atoms with Crippen LogP contribution >= 0.6 is 0 Å². The Morgan fingerprint density at radius 3 is 2.54 bits per heavy atom. The number of allylic oxidation sites excluding steroid dienone is 1. The molecule has 0 aromatic carbocycles. The molecule has 0 heterocycles. The first-order chi connectivity index (χ1) is 13.1. The smallest absolute Gasteiger partial charge is 0.307 e. The van der Waals surface area contributed by atoms with Gasteiger partial charge in [-0.05, 0) is 73.7 Å². The average molecular weight is 389 g/mol. The Hall–Kier alpha value is -1.35. The second-order valence-electron chi connectivity index (χ2n) is 9.94. The van der Waals surface area contributed by atoms with Crippen molar-refractivity contribution < 1.29 is 24.9 Å². The monoisotopic (exact) mass is 388 g/mol. The van der Waals surface area contributed by atoms with E-state index in [4.69, 9.17) is 11.2 Å². The number of terminal acetylenes is 1. The van der Waals surface area contributed by atoms with E-state index in [2.05, 4.69) is 12.8 Å². The highest BCUT2D eigenvalue weighted by molar-refractivity contribution is 5.67. The molecule has 0 amide bonds. The Morgan fingerprint density at radius 1 is 1.18 bits per heavy atom. The summed E-state index contributed by atoms with van der Waals surface area (Å²) in [4.78, 5) is 11.6. The summed E-state index contributed by atoms with van der Waals surface area (Å²) in [6.07, 6.45) is 9.43. The van der Waals surface area contributed by atoms with Crippen molar-refractivity contribution in [2.75, 3.05) is 0 Å². The Kier molecular flexibility index (Phi) is 4.50. The molecule has 154 valence electrons. The van der Waals surface area contributed by atoms with Gasteiger partial charge in [-0.1, -0.05) is 19.8 Å². The number of hydrogen-bond acceptors (Lipinski definition) is 5. The van der Waals surface area contributed by atoms with Gasteiger partial charge in [0.15, 0.2) is 5.60 Å². The molecule has 3 fully saturated rings. The second-order valence-corrected chi connectivity index (χ2v) is 9.94. The van der Waals surface area contributed by atoms with Gasteiger partial charge >= 0.3 is 5.97 Å². The summed E-state index contributed by atoms with van der Waals surface area (Å²) < 4.78 is 5.48. The quantitative estimate of drug-likeness (QED) is 0.475. The SMILES string of the molecule is C#C[C@]1(O)[C@H](O)C[C@H]2[C@@H]3CCC4=C(OC(C)=O)[C@H](O)CC[C@]4(C)[C@H]3CC[C@@]21C. The van der Waals surface area contributed by atoms with Crippen molar-refractivity contribution >= 4 is 5.97 Å². The average Bonchev–Trinajstić information content (AvgIpc) is 2.85. The maximum Gasteiger partial charge on any atom is 0.307 e. The van der Waals surface area contributed by atoms with Crippen LogP contribution in [0.1, 0.15) is 65.7 Å². The van der Waals surface area contributed by atoms with Gasteiger partial charge in [-0.15, -0.1) is 6.42 Å². The molecule has 0 aliphatic heterocycles. The third-order valence-electron chi connectivity index (χ3n) is 8.90. The summed E-state index contributed by atoms with van der Waals surface area (Å²) in [5, 5.41) is 32.2. The number of carbonyl (C=O) groups excluding carboxylic acids is 1. The Morgan fingerprint density at radius 2 is 1.89 bits per heavy atom. The van der Waals surface area contributed by atoms with Crippen LogP contribution < -0.4 is 0 Å². The lowest BCUT2D eigenvalue weighted by molar-refractivity contribution is -0.141. The van der Waals surface area contributed by atoms with E-state index >= 15 is 0 Å². The highest BCUT2D eigenvalue weighted by atomic mass is 16.5. The molecule has 0 saturated heterocycles. The summed E-state index contributed by atoms with van der Waals surface area (Å²) in [5.74, 6) is 3.52. The summed E-state index contributed by atoms with van der Waals surface area (Å²) in [7, 11) is 0. The van der Waals surface area contributed by atoms with Gasteiger partial charge in [-0.25, -0.2) is 0 Å². The predicted octanol–water partition coefficient (Wildman–Crippen LogP) is 2.54. The lowest BCUT2D eigenvalue weighted by Crippen LogP contribution is -2.56. The number of rotatable bonds is 1. The van der Waals surface area contributed by atoms with Crippen molar-refractivity contribution in [2.24, 2.45) is 28.6 Å². The molecule has 0 radical (unpaired) electrons. The highest BCUT2D eigenvalue weighted by Gasteiger charge is 2.67. The van der Waals surface area contributed by atoms with Crippen LogP contribution in [0.3, 0.4) is 0 Å². The number of esters is 1. The second kappa shape index (κ2) is 6.32. The maximum atomic E-state index is 11.6. The minimum Gasteiger partial charge on any atom is -0.428 e. The van der Waals surface area contributed by atoms with Crippen LogP contribution in [-0.4, -0.2) is 39.1 Å². The topological polar surface area (TPSA) is 87.0 Å². The van der Waals surface area contributed by atoms with E-state index < -0.39 is 23.2 Å². The summed E-state index contributed by atoms with van der Waals surface area (Å²) in [6.45, 7) is 5.67. The summed E-state index contributed by atoms with van der Waals surface area (Å²) >= 11 is 0. The fraction of sp³-hybridized carbons (Fsp3) is 0.783. The van der Waals surface area contributed by atoms with Crippen molar-refractivity contribution in [2.45, 2.75) is 83.5 Å². The van der Waals surface area contributed by atoms with Crippen LogP contribution in [0.15, 0.2) is 11.3 Å². The molecule has 5 nitrogen and oxygen atoms in total. The molecule has 3 N–H and O–H groups in total. The van der Waals surface area contributed by atoms with Crippen LogP contribution in [0, 0.1) is 40.9 Å². The summed E-state index contributed by atoms with van der Waals surface area (Å²) in [5.41, 5.74) is -0.981. The molecule has 0 aromatic rings. The molecule has 8 atom stereocenters. The van der Waals surface area contributed by atoms with Gasteiger partial charge in [0.25, 0.3) is 0 Å². The number of aliphatic hydroxyl groups is 3. The molecule has 4 aliphatic rings. The maximum absolute atomic E-state index is 11.6. The normalized spacial score (nSPS) is 50.2. The Balaban J connectivity index is 1.72. The van der Waals surface area contributed by atoms with Crippen LogP contribution in [0.4, 0.5) is 0 Å². The minimum atomic E-state index is -1.47. The molecule has 5 heteroatoms. The number of carbonyl (C=O) groups is 1. The van der Waals surface area contributed by atoms with Gasteiger partial charge in [-0.2, -0.15) is 0 Å². The van der Waals surface area contributed by atoms with E-state index in [1.165, 1.54) is 6.92 Å². The molecule has 4 rings (SSSR count). The first-order valence-electron chi connectivity index (χ1n) is 10.6.